The van der Waals surface area contributed by atoms with Gasteiger partial charge in [-0.1, -0.05) is 0 Å². The molecule has 0 aliphatic heterocycles. The monoisotopic (exact) mass is 308 g/mol. The molecule has 0 saturated heterocycles. The van der Waals surface area contributed by atoms with E-state index < -0.39 is 15.8 Å². The number of halogens is 1. The van der Waals surface area contributed by atoms with Gasteiger partial charge in [0, 0.05) is 7.05 Å². The van der Waals surface area contributed by atoms with Crippen LogP contribution < -0.4 is 4.72 Å². The maximum Gasteiger partial charge on any atom is 0.265 e. The van der Waals surface area contributed by atoms with Crippen molar-refractivity contribution in [2.24, 2.45) is 7.05 Å². The summed E-state index contributed by atoms with van der Waals surface area (Å²) in [6, 6.07) is 5.03. The van der Waals surface area contributed by atoms with Gasteiger partial charge in [-0.15, -0.1) is 0 Å². The number of sulfonamides is 1. The predicted octanol–water partition coefficient (Wildman–Crippen LogP) is 1.85. The molecular weight excluding hydrogens is 295 g/mol. The molecule has 1 N–H and O–H groups in total. The molecule has 1 aromatic carbocycles. The van der Waals surface area contributed by atoms with Crippen LogP contribution in [0.15, 0.2) is 23.1 Å². The molecule has 0 radical (unpaired) electrons. The van der Waals surface area contributed by atoms with E-state index in [-0.39, 0.29) is 16.1 Å². The molecule has 110 valence electrons. The van der Waals surface area contributed by atoms with Crippen molar-refractivity contribution in [3.8, 4) is 6.07 Å². The first-order chi connectivity index (χ1) is 9.76. The lowest BCUT2D eigenvalue weighted by molar-refractivity contribution is 0.599. The fourth-order valence-corrected chi connectivity index (χ4v) is 3.56. The second-order valence-corrected chi connectivity index (χ2v) is 6.15. The zero-order valence-electron chi connectivity index (χ0n) is 11.7. The summed E-state index contributed by atoms with van der Waals surface area (Å²) >= 11 is 0. The molecule has 2 rings (SSSR count). The van der Waals surface area contributed by atoms with Gasteiger partial charge in [0.1, 0.15) is 16.8 Å². The standard InChI is InChI=1S/C13H13FN4O2S/c1-8-13(9(2)18(3)16-8)21(19,20)17-12-5-4-11(14)6-10(12)7-15/h4-6,17H,1-3H3. The van der Waals surface area contributed by atoms with E-state index in [1.54, 1.807) is 27.0 Å². The summed E-state index contributed by atoms with van der Waals surface area (Å²) < 4.78 is 41.7. The van der Waals surface area contributed by atoms with Gasteiger partial charge in [0.15, 0.2) is 0 Å². The van der Waals surface area contributed by atoms with Crippen LogP contribution in [0.5, 0.6) is 0 Å². The molecule has 0 bridgehead atoms. The molecule has 0 unspecified atom stereocenters. The number of nitrogens with zero attached hydrogens (tertiary/aromatic N) is 3. The zero-order chi connectivity index (χ0) is 15.8. The van der Waals surface area contributed by atoms with Gasteiger partial charge in [0.25, 0.3) is 10.0 Å². The Morgan fingerprint density at radius 1 is 1.38 bits per heavy atom. The van der Waals surface area contributed by atoms with Crippen molar-refractivity contribution in [1.29, 1.82) is 5.26 Å². The van der Waals surface area contributed by atoms with Gasteiger partial charge >= 0.3 is 0 Å². The number of anilines is 1. The third kappa shape index (κ3) is 2.73. The van der Waals surface area contributed by atoms with Gasteiger partial charge in [-0.3, -0.25) is 9.40 Å². The first kappa shape index (κ1) is 15.0. The smallest absolute Gasteiger partial charge is 0.265 e. The van der Waals surface area contributed by atoms with E-state index in [1.165, 1.54) is 10.7 Å². The van der Waals surface area contributed by atoms with Crippen LogP contribution in [-0.2, 0) is 17.1 Å². The number of aryl methyl sites for hydroxylation is 2. The highest BCUT2D eigenvalue weighted by atomic mass is 32.2. The molecule has 0 aliphatic rings. The highest BCUT2D eigenvalue weighted by molar-refractivity contribution is 7.92. The summed E-state index contributed by atoms with van der Waals surface area (Å²) in [5, 5.41) is 13.0. The molecule has 1 aromatic heterocycles. The van der Waals surface area contributed by atoms with Crippen molar-refractivity contribution in [3.05, 3.63) is 41.0 Å². The maximum absolute atomic E-state index is 13.1. The van der Waals surface area contributed by atoms with E-state index in [9.17, 15) is 12.8 Å². The third-order valence-electron chi connectivity index (χ3n) is 3.06. The molecule has 0 atom stereocenters. The number of rotatable bonds is 3. The van der Waals surface area contributed by atoms with Crippen LogP contribution in [0.4, 0.5) is 10.1 Å². The zero-order valence-corrected chi connectivity index (χ0v) is 12.5. The summed E-state index contributed by atoms with van der Waals surface area (Å²) in [4.78, 5) is 0.0539. The molecule has 8 heteroatoms. The van der Waals surface area contributed by atoms with E-state index in [4.69, 9.17) is 5.26 Å². The first-order valence-corrected chi connectivity index (χ1v) is 7.47. The topological polar surface area (TPSA) is 87.8 Å². The number of nitriles is 1. The normalized spacial score (nSPS) is 11.2. The molecule has 1 heterocycles. The van der Waals surface area contributed by atoms with Crippen molar-refractivity contribution < 1.29 is 12.8 Å². The minimum atomic E-state index is -3.91. The number of hydrogen-bond donors (Lipinski definition) is 1. The van der Waals surface area contributed by atoms with Crippen LogP contribution in [0, 0.1) is 31.0 Å². The van der Waals surface area contributed by atoms with Gasteiger partial charge in [0.2, 0.25) is 0 Å². The second kappa shape index (κ2) is 5.18. The van der Waals surface area contributed by atoms with Gasteiger partial charge in [-0.25, -0.2) is 12.8 Å². The minimum absolute atomic E-state index is 0.0292. The van der Waals surface area contributed by atoms with Crippen LogP contribution in [0.2, 0.25) is 0 Å². The van der Waals surface area contributed by atoms with Gasteiger partial charge in [-0.2, -0.15) is 10.4 Å². The Bertz CT molecular complexity index is 850. The fourth-order valence-electron chi connectivity index (χ4n) is 2.04. The van der Waals surface area contributed by atoms with Crippen molar-refractivity contribution in [1.82, 2.24) is 9.78 Å². The maximum atomic E-state index is 13.1. The lowest BCUT2D eigenvalue weighted by Crippen LogP contribution is -2.15. The van der Waals surface area contributed by atoms with E-state index in [1.807, 2.05) is 0 Å². The Labute approximate surface area is 121 Å². The number of nitrogens with one attached hydrogen (secondary N) is 1. The molecule has 0 fully saturated rings. The fraction of sp³-hybridized carbons (Fsp3) is 0.231. The summed E-state index contributed by atoms with van der Waals surface area (Å²) in [6.45, 7) is 3.21. The number of aromatic nitrogens is 2. The molecule has 2 aromatic rings. The van der Waals surface area contributed by atoms with Crippen LogP contribution in [0.3, 0.4) is 0 Å². The largest absolute Gasteiger partial charge is 0.278 e. The van der Waals surface area contributed by atoms with Gasteiger partial charge < -0.3 is 0 Å². The summed E-state index contributed by atoms with van der Waals surface area (Å²) in [5.41, 5.74) is 0.767. The van der Waals surface area contributed by atoms with Crippen LogP contribution in [-0.4, -0.2) is 18.2 Å². The van der Waals surface area contributed by atoms with E-state index in [0.29, 0.717) is 11.4 Å². The highest BCUT2D eigenvalue weighted by Crippen LogP contribution is 2.24. The molecule has 21 heavy (non-hydrogen) atoms. The van der Waals surface area contributed by atoms with Crippen LogP contribution >= 0.6 is 0 Å². The minimum Gasteiger partial charge on any atom is -0.278 e. The third-order valence-corrected chi connectivity index (χ3v) is 4.67. The summed E-state index contributed by atoms with van der Waals surface area (Å²) in [6.07, 6.45) is 0. The molecule has 0 saturated carbocycles. The van der Waals surface area contributed by atoms with Crippen molar-refractivity contribution in [3.63, 3.8) is 0 Å². The van der Waals surface area contributed by atoms with Crippen LogP contribution in [0.1, 0.15) is 17.0 Å². The quantitative estimate of drug-likeness (QED) is 0.937. The Balaban J connectivity index is 2.50. The average molecular weight is 308 g/mol. The van der Waals surface area contributed by atoms with Crippen LogP contribution in [0.25, 0.3) is 0 Å². The number of hydrogen-bond acceptors (Lipinski definition) is 4. The van der Waals surface area contributed by atoms with E-state index in [0.717, 1.165) is 12.1 Å². The number of benzene rings is 1. The lowest BCUT2D eigenvalue weighted by Gasteiger charge is -2.09. The van der Waals surface area contributed by atoms with E-state index >= 15 is 0 Å². The van der Waals surface area contributed by atoms with Gasteiger partial charge in [0.05, 0.1) is 22.6 Å². The Morgan fingerprint density at radius 3 is 2.57 bits per heavy atom. The summed E-state index contributed by atoms with van der Waals surface area (Å²) in [7, 11) is -2.27. The highest BCUT2D eigenvalue weighted by Gasteiger charge is 2.24. The Morgan fingerprint density at radius 2 is 2.05 bits per heavy atom. The van der Waals surface area contributed by atoms with Crippen molar-refractivity contribution in [2.75, 3.05) is 4.72 Å². The lowest BCUT2D eigenvalue weighted by atomic mass is 10.2. The molecular formula is C13H13FN4O2S. The van der Waals surface area contributed by atoms with E-state index in [2.05, 4.69) is 9.82 Å². The summed E-state index contributed by atoms with van der Waals surface area (Å²) in [5.74, 6) is -0.608. The van der Waals surface area contributed by atoms with Crippen molar-refractivity contribution >= 4 is 15.7 Å². The SMILES string of the molecule is Cc1nn(C)c(C)c1S(=O)(=O)Nc1ccc(F)cc1C#N. The molecule has 0 spiro atoms. The Kier molecular flexibility index (Phi) is 3.70. The molecule has 6 nitrogen and oxygen atoms in total. The molecule has 0 amide bonds. The predicted molar refractivity (Wildman–Crippen MR) is 74.6 cm³/mol. The van der Waals surface area contributed by atoms with Crippen molar-refractivity contribution in [2.45, 2.75) is 18.7 Å². The Hall–Kier alpha value is -2.40. The average Bonchev–Trinajstić information content (AvgIpc) is 2.65. The molecule has 0 aliphatic carbocycles. The van der Waals surface area contributed by atoms with Gasteiger partial charge in [-0.05, 0) is 32.0 Å². The first-order valence-electron chi connectivity index (χ1n) is 5.99. The second-order valence-electron chi connectivity index (χ2n) is 4.53.